The van der Waals surface area contributed by atoms with Gasteiger partial charge in [-0.3, -0.25) is 4.79 Å². The number of aromatic nitrogens is 3. The number of hydrogen-bond donors (Lipinski definition) is 2. The summed E-state index contributed by atoms with van der Waals surface area (Å²) in [6.45, 7) is 0. The summed E-state index contributed by atoms with van der Waals surface area (Å²) in [7, 11) is 0. The van der Waals surface area contributed by atoms with E-state index in [9.17, 15) is 4.79 Å². The lowest BCUT2D eigenvalue weighted by atomic mass is 10.1. The van der Waals surface area contributed by atoms with Gasteiger partial charge in [0.2, 0.25) is 11.7 Å². The zero-order valence-electron chi connectivity index (χ0n) is 9.91. The Morgan fingerprint density at radius 3 is 2.89 bits per heavy atom. The van der Waals surface area contributed by atoms with E-state index in [0.717, 1.165) is 0 Å². The number of halogens is 1. The summed E-state index contributed by atoms with van der Waals surface area (Å²) in [5.41, 5.74) is 12.0. The summed E-state index contributed by atoms with van der Waals surface area (Å²) in [4.78, 5) is 23.6. The summed E-state index contributed by atoms with van der Waals surface area (Å²) in [6, 6.07) is 1.000. The number of nitrogens with two attached hydrogens (primary N) is 2. The van der Waals surface area contributed by atoms with Crippen molar-refractivity contribution in [3.8, 4) is 0 Å². The summed E-state index contributed by atoms with van der Waals surface area (Å²) in [6.07, 6.45) is 2.53. The van der Waals surface area contributed by atoms with E-state index in [0.29, 0.717) is 23.5 Å². The van der Waals surface area contributed by atoms with Crippen LogP contribution >= 0.6 is 22.9 Å². The van der Waals surface area contributed by atoms with Crippen LogP contribution in [0.25, 0.3) is 0 Å². The van der Waals surface area contributed by atoms with Crippen molar-refractivity contribution in [2.45, 2.75) is 18.9 Å². The molecule has 0 aliphatic heterocycles. The Kier molecular flexibility index (Phi) is 4.41. The normalized spacial score (nSPS) is 12.3. The van der Waals surface area contributed by atoms with Gasteiger partial charge >= 0.3 is 0 Å². The van der Waals surface area contributed by atoms with Crippen molar-refractivity contribution in [3.63, 3.8) is 0 Å². The number of nitrogens with zero attached hydrogens (tertiary/aromatic N) is 3. The highest BCUT2D eigenvalue weighted by atomic mass is 35.5. The summed E-state index contributed by atoms with van der Waals surface area (Å²) < 4.78 is 0. The zero-order chi connectivity index (χ0) is 13.8. The lowest BCUT2D eigenvalue weighted by Gasteiger charge is -2.08. The molecule has 2 aromatic rings. The van der Waals surface area contributed by atoms with Crippen molar-refractivity contribution < 1.29 is 4.79 Å². The Bertz CT molecular complexity index is 554. The molecule has 2 rings (SSSR count). The van der Waals surface area contributed by atoms with Gasteiger partial charge in [0.15, 0.2) is 5.01 Å². The van der Waals surface area contributed by atoms with Crippen LogP contribution in [0.5, 0.6) is 0 Å². The number of hydrogen-bond acceptors (Lipinski definition) is 7. The van der Waals surface area contributed by atoms with Crippen molar-refractivity contribution >= 4 is 34.7 Å². The second kappa shape index (κ2) is 6.05. The highest BCUT2D eigenvalue weighted by molar-refractivity contribution is 7.11. The van der Waals surface area contributed by atoms with Crippen LogP contribution in [-0.4, -0.2) is 26.8 Å². The maximum absolute atomic E-state index is 11.9. The van der Waals surface area contributed by atoms with Crippen LogP contribution in [0.3, 0.4) is 0 Å². The first kappa shape index (κ1) is 13.9. The topological polar surface area (TPSA) is 108 Å². The van der Waals surface area contributed by atoms with Crippen molar-refractivity contribution in [2.75, 3.05) is 5.73 Å². The van der Waals surface area contributed by atoms with E-state index in [4.69, 9.17) is 23.1 Å². The third kappa shape index (κ3) is 3.69. The largest absolute Gasteiger partial charge is 0.368 e. The molecular formula is C11H12ClN5OS. The molecule has 1 atom stereocenters. The number of aryl methyl sites for hydroxylation is 1. The molecule has 0 radical (unpaired) electrons. The van der Waals surface area contributed by atoms with Gasteiger partial charge in [-0.25, -0.2) is 15.0 Å². The van der Waals surface area contributed by atoms with E-state index in [1.165, 1.54) is 11.3 Å². The fourth-order valence-electron chi connectivity index (χ4n) is 1.55. The van der Waals surface area contributed by atoms with Crippen molar-refractivity contribution in [3.05, 3.63) is 33.5 Å². The number of nitrogen functional groups attached to an aromatic ring is 1. The maximum Gasteiger partial charge on any atom is 0.221 e. The average Bonchev–Trinajstić information content (AvgIpc) is 2.87. The van der Waals surface area contributed by atoms with Crippen LogP contribution in [0, 0.1) is 0 Å². The number of Topliss-reactive ketones (excluding diaryl/α,β-unsaturated/α-hetero) is 1. The Hall–Kier alpha value is -1.57. The number of carbonyl (C=O) groups excluding carboxylic acids is 1. The highest BCUT2D eigenvalue weighted by Gasteiger charge is 2.18. The second-order valence-electron chi connectivity index (χ2n) is 3.89. The highest BCUT2D eigenvalue weighted by Crippen LogP contribution is 2.13. The van der Waals surface area contributed by atoms with Crippen LogP contribution in [0.4, 0.5) is 5.95 Å². The Morgan fingerprint density at radius 1 is 1.47 bits per heavy atom. The third-order valence-corrected chi connectivity index (χ3v) is 3.44. The van der Waals surface area contributed by atoms with E-state index in [2.05, 4.69) is 15.0 Å². The van der Waals surface area contributed by atoms with Gasteiger partial charge in [0.05, 0.1) is 6.04 Å². The van der Waals surface area contributed by atoms with Crippen molar-refractivity contribution in [1.82, 2.24) is 15.0 Å². The molecule has 0 aliphatic rings. The minimum Gasteiger partial charge on any atom is -0.368 e. The molecule has 0 aliphatic carbocycles. The van der Waals surface area contributed by atoms with Crippen LogP contribution in [0.15, 0.2) is 17.6 Å². The van der Waals surface area contributed by atoms with Gasteiger partial charge < -0.3 is 11.5 Å². The molecule has 0 aromatic carbocycles. The van der Waals surface area contributed by atoms with E-state index in [1.54, 1.807) is 17.6 Å². The Balaban J connectivity index is 1.96. The van der Waals surface area contributed by atoms with E-state index in [1.807, 2.05) is 0 Å². The molecule has 0 saturated carbocycles. The molecule has 0 fully saturated rings. The molecule has 2 heterocycles. The molecular weight excluding hydrogens is 286 g/mol. The van der Waals surface area contributed by atoms with Gasteiger partial charge in [-0.15, -0.1) is 11.3 Å². The third-order valence-electron chi connectivity index (χ3n) is 2.46. The molecule has 0 bridgehead atoms. The van der Waals surface area contributed by atoms with Crippen LogP contribution in [0.2, 0.25) is 5.15 Å². The molecule has 0 spiro atoms. The van der Waals surface area contributed by atoms with Gasteiger partial charge in [-0.05, 0) is 18.9 Å². The monoisotopic (exact) mass is 297 g/mol. The predicted octanol–water partition coefficient (Wildman–Crippen LogP) is 1.31. The molecule has 4 N–H and O–H groups in total. The first-order chi connectivity index (χ1) is 9.06. The standard InChI is InChI=1S/C11H12ClN5OS/c12-8-5-6(16-11(14)17-8)1-2-7(13)9(18)10-15-3-4-19-10/h3-5,7H,1-2,13H2,(H2,14,16,17). The summed E-state index contributed by atoms with van der Waals surface area (Å²) >= 11 is 7.05. The molecule has 0 saturated heterocycles. The van der Waals surface area contributed by atoms with Gasteiger partial charge in [0.1, 0.15) is 5.15 Å². The van der Waals surface area contributed by atoms with Gasteiger partial charge in [0, 0.05) is 17.3 Å². The molecule has 1 unspecified atom stereocenters. The minimum absolute atomic E-state index is 0.113. The van der Waals surface area contributed by atoms with E-state index in [-0.39, 0.29) is 16.9 Å². The quantitative estimate of drug-likeness (QED) is 0.636. The zero-order valence-corrected chi connectivity index (χ0v) is 11.5. The Morgan fingerprint density at radius 2 is 2.26 bits per heavy atom. The van der Waals surface area contributed by atoms with Gasteiger partial charge in [-0.2, -0.15) is 0 Å². The summed E-state index contributed by atoms with van der Waals surface area (Å²) in [5.74, 6) is -0.0505. The first-order valence-electron chi connectivity index (χ1n) is 5.54. The average molecular weight is 298 g/mol. The molecule has 19 heavy (non-hydrogen) atoms. The first-order valence-corrected chi connectivity index (χ1v) is 6.80. The molecule has 100 valence electrons. The number of rotatable bonds is 5. The molecule has 6 nitrogen and oxygen atoms in total. The summed E-state index contributed by atoms with van der Waals surface area (Å²) in [5, 5.41) is 2.44. The second-order valence-corrected chi connectivity index (χ2v) is 5.17. The Labute approximate surface area is 118 Å². The van der Waals surface area contributed by atoms with Crippen molar-refractivity contribution in [1.29, 1.82) is 0 Å². The maximum atomic E-state index is 11.9. The van der Waals surface area contributed by atoms with E-state index < -0.39 is 6.04 Å². The number of ketones is 1. The van der Waals surface area contributed by atoms with Crippen LogP contribution in [-0.2, 0) is 6.42 Å². The number of carbonyl (C=O) groups is 1. The van der Waals surface area contributed by atoms with Crippen LogP contribution < -0.4 is 11.5 Å². The van der Waals surface area contributed by atoms with Gasteiger partial charge in [0.25, 0.3) is 0 Å². The molecule has 2 aromatic heterocycles. The lowest BCUT2D eigenvalue weighted by Crippen LogP contribution is -2.31. The van der Waals surface area contributed by atoms with Crippen LogP contribution in [0.1, 0.15) is 21.9 Å². The predicted molar refractivity (Wildman–Crippen MR) is 74.2 cm³/mol. The minimum atomic E-state index is -0.610. The van der Waals surface area contributed by atoms with Gasteiger partial charge in [-0.1, -0.05) is 11.6 Å². The van der Waals surface area contributed by atoms with Crippen molar-refractivity contribution in [2.24, 2.45) is 5.73 Å². The number of thiazole rings is 1. The lowest BCUT2D eigenvalue weighted by molar-refractivity contribution is 0.0957. The fraction of sp³-hybridized carbons (Fsp3) is 0.273. The smallest absolute Gasteiger partial charge is 0.221 e. The molecule has 0 amide bonds. The molecule has 8 heteroatoms. The SMILES string of the molecule is Nc1nc(Cl)cc(CCC(N)C(=O)c2nccs2)n1. The fourth-order valence-corrected chi connectivity index (χ4v) is 2.40. The van der Waals surface area contributed by atoms with E-state index >= 15 is 0 Å². The number of anilines is 1.